The van der Waals surface area contributed by atoms with Gasteiger partial charge in [-0.15, -0.1) is 0 Å². The van der Waals surface area contributed by atoms with Gasteiger partial charge in [0.1, 0.15) is 5.82 Å². The molecular weight excluding hydrogens is 456 g/mol. The number of nitrogens with one attached hydrogen (secondary N) is 2. The Kier molecular flexibility index (Phi) is 6.95. The Morgan fingerprint density at radius 2 is 1.86 bits per heavy atom. The fourth-order valence-corrected chi connectivity index (χ4v) is 4.81. The summed E-state index contributed by atoms with van der Waals surface area (Å²) in [5.41, 5.74) is 3.78. The first-order valence-electron chi connectivity index (χ1n) is 12.5. The Hall–Kier alpha value is -3.79. The standard InChI is InChI=1S/C26H32N8O2/c1-4-27-26(35)30-20-8-6-19(7-9-20)23-31-22-18(3)34(25-28-11-5-12-29-25)13-10-21(22)24(32-23)33-14-15-36-16-17(33)2/h5-9,11-12,17-18H,4,10,13-16H2,1-3H3,(H2,27,30,35). The lowest BCUT2D eigenvalue weighted by Crippen LogP contribution is -2.46. The number of benzene rings is 1. The van der Waals surface area contributed by atoms with Crippen molar-refractivity contribution in [3.63, 3.8) is 0 Å². The van der Waals surface area contributed by atoms with Gasteiger partial charge >= 0.3 is 6.03 Å². The van der Waals surface area contributed by atoms with Crippen LogP contribution in [-0.4, -0.2) is 64.9 Å². The van der Waals surface area contributed by atoms with E-state index in [0.717, 1.165) is 36.6 Å². The third kappa shape index (κ3) is 4.81. The van der Waals surface area contributed by atoms with Crippen LogP contribution < -0.4 is 20.4 Å². The number of rotatable bonds is 5. The number of carbonyl (C=O) groups is 1. The molecule has 2 atom stereocenters. The Labute approximate surface area is 211 Å². The first kappa shape index (κ1) is 23.9. The first-order chi connectivity index (χ1) is 17.5. The largest absolute Gasteiger partial charge is 0.377 e. The van der Waals surface area contributed by atoms with Gasteiger partial charge in [0, 0.05) is 48.8 Å². The Morgan fingerprint density at radius 1 is 1.08 bits per heavy atom. The van der Waals surface area contributed by atoms with Gasteiger partial charge in [-0.3, -0.25) is 0 Å². The van der Waals surface area contributed by atoms with Crippen molar-refractivity contribution in [3.8, 4) is 11.4 Å². The molecule has 2 N–H and O–H groups in total. The first-order valence-corrected chi connectivity index (χ1v) is 12.5. The summed E-state index contributed by atoms with van der Waals surface area (Å²) in [4.78, 5) is 35.6. The van der Waals surface area contributed by atoms with Gasteiger partial charge < -0.3 is 25.2 Å². The van der Waals surface area contributed by atoms with E-state index in [4.69, 9.17) is 14.7 Å². The van der Waals surface area contributed by atoms with Gasteiger partial charge in [-0.05, 0) is 57.5 Å². The summed E-state index contributed by atoms with van der Waals surface area (Å²) in [7, 11) is 0. The van der Waals surface area contributed by atoms with Gasteiger partial charge in [0.05, 0.1) is 31.0 Å². The maximum absolute atomic E-state index is 11.9. The quantitative estimate of drug-likeness (QED) is 0.562. The predicted octanol–water partition coefficient (Wildman–Crippen LogP) is 3.42. The monoisotopic (exact) mass is 488 g/mol. The summed E-state index contributed by atoms with van der Waals surface area (Å²) in [6.45, 7) is 9.72. The molecule has 1 aromatic carbocycles. The highest BCUT2D eigenvalue weighted by Crippen LogP contribution is 2.37. The number of aromatic nitrogens is 4. The van der Waals surface area contributed by atoms with E-state index in [1.165, 1.54) is 5.56 Å². The highest BCUT2D eigenvalue weighted by atomic mass is 16.5. The molecule has 5 rings (SSSR count). The number of hydrogen-bond donors (Lipinski definition) is 2. The second kappa shape index (κ2) is 10.4. The zero-order valence-corrected chi connectivity index (χ0v) is 20.9. The average Bonchev–Trinajstić information content (AvgIpc) is 2.90. The van der Waals surface area contributed by atoms with Crippen LogP contribution in [0.15, 0.2) is 42.7 Å². The number of anilines is 3. The van der Waals surface area contributed by atoms with E-state index < -0.39 is 0 Å². The number of carbonyl (C=O) groups excluding carboxylic acids is 1. The summed E-state index contributed by atoms with van der Waals surface area (Å²) in [6, 6.07) is 9.45. The van der Waals surface area contributed by atoms with E-state index in [9.17, 15) is 4.79 Å². The normalized spacial score (nSPS) is 19.5. The van der Waals surface area contributed by atoms with Gasteiger partial charge in [-0.2, -0.15) is 0 Å². The summed E-state index contributed by atoms with van der Waals surface area (Å²) in [5.74, 6) is 2.35. The minimum absolute atomic E-state index is 0.00771. The number of morpholine rings is 1. The van der Waals surface area contributed by atoms with Crippen molar-refractivity contribution >= 4 is 23.5 Å². The second-order valence-corrected chi connectivity index (χ2v) is 9.08. The van der Waals surface area contributed by atoms with Crippen molar-refractivity contribution in [3.05, 3.63) is 54.0 Å². The van der Waals surface area contributed by atoms with Crippen molar-refractivity contribution in [1.29, 1.82) is 0 Å². The molecule has 10 heteroatoms. The molecule has 0 aliphatic carbocycles. The molecule has 2 aromatic heterocycles. The van der Waals surface area contributed by atoms with E-state index >= 15 is 0 Å². The lowest BCUT2D eigenvalue weighted by atomic mass is 9.97. The van der Waals surface area contributed by atoms with Gasteiger partial charge in [-0.25, -0.2) is 24.7 Å². The minimum Gasteiger partial charge on any atom is -0.377 e. The SMILES string of the molecule is CCNC(=O)Nc1ccc(-c2nc3c(c(N4CCOCC4C)n2)CCN(c2ncccn2)C3C)cc1. The smallest absolute Gasteiger partial charge is 0.319 e. The zero-order valence-electron chi connectivity index (χ0n) is 20.9. The second-order valence-electron chi connectivity index (χ2n) is 9.08. The molecule has 2 unspecified atom stereocenters. The van der Waals surface area contributed by atoms with Gasteiger partial charge in [-0.1, -0.05) is 0 Å². The van der Waals surface area contributed by atoms with Crippen LogP contribution in [0.1, 0.15) is 38.1 Å². The summed E-state index contributed by atoms with van der Waals surface area (Å²) < 4.78 is 5.70. The maximum atomic E-state index is 11.9. The topological polar surface area (TPSA) is 108 Å². The Balaban J connectivity index is 1.53. The lowest BCUT2D eigenvalue weighted by Gasteiger charge is -2.39. The molecule has 2 aliphatic heterocycles. The molecule has 10 nitrogen and oxygen atoms in total. The third-order valence-electron chi connectivity index (χ3n) is 6.67. The van der Waals surface area contributed by atoms with E-state index in [-0.39, 0.29) is 18.1 Å². The van der Waals surface area contributed by atoms with Crippen LogP contribution >= 0.6 is 0 Å². The van der Waals surface area contributed by atoms with E-state index in [0.29, 0.717) is 37.2 Å². The third-order valence-corrected chi connectivity index (χ3v) is 6.67. The fourth-order valence-electron chi connectivity index (χ4n) is 4.81. The number of urea groups is 1. The van der Waals surface area contributed by atoms with Crippen molar-refractivity contribution in [2.75, 3.05) is 48.0 Å². The molecule has 1 saturated heterocycles. The minimum atomic E-state index is -0.226. The molecule has 0 saturated carbocycles. The molecule has 36 heavy (non-hydrogen) atoms. The molecule has 4 heterocycles. The maximum Gasteiger partial charge on any atom is 0.319 e. The highest BCUT2D eigenvalue weighted by molar-refractivity contribution is 5.89. The van der Waals surface area contributed by atoms with Crippen LogP contribution in [0.25, 0.3) is 11.4 Å². The van der Waals surface area contributed by atoms with E-state index in [1.807, 2.05) is 37.3 Å². The molecule has 0 spiro atoms. The zero-order chi connectivity index (χ0) is 25.1. The average molecular weight is 489 g/mol. The highest BCUT2D eigenvalue weighted by Gasteiger charge is 2.33. The molecule has 188 valence electrons. The molecule has 3 aromatic rings. The predicted molar refractivity (Wildman–Crippen MR) is 139 cm³/mol. The summed E-state index contributed by atoms with van der Waals surface area (Å²) in [6.07, 6.45) is 4.35. The van der Waals surface area contributed by atoms with Crippen LogP contribution in [0.5, 0.6) is 0 Å². The van der Waals surface area contributed by atoms with Crippen molar-refractivity contribution in [2.24, 2.45) is 0 Å². The number of fused-ring (bicyclic) bond motifs is 1. The van der Waals surface area contributed by atoms with Gasteiger partial charge in [0.15, 0.2) is 5.82 Å². The fraction of sp³-hybridized carbons (Fsp3) is 0.423. The number of nitrogens with zero attached hydrogens (tertiary/aromatic N) is 6. The molecule has 2 aliphatic rings. The van der Waals surface area contributed by atoms with Crippen LogP contribution in [0.2, 0.25) is 0 Å². The number of hydrogen-bond acceptors (Lipinski definition) is 8. The lowest BCUT2D eigenvalue weighted by molar-refractivity contribution is 0.0984. The van der Waals surface area contributed by atoms with Crippen LogP contribution in [0, 0.1) is 0 Å². The van der Waals surface area contributed by atoms with Crippen LogP contribution in [0.3, 0.4) is 0 Å². The molecule has 1 fully saturated rings. The summed E-state index contributed by atoms with van der Waals surface area (Å²) >= 11 is 0. The number of amides is 2. The van der Waals surface area contributed by atoms with Gasteiger partial charge in [0.25, 0.3) is 0 Å². The van der Waals surface area contributed by atoms with Crippen LogP contribution in [-0.2, 0) is 11.2 Å². The van der Waals surface area contributed by atoms with Crippen molar-refractivity contribution < 1.29 is 9.53 Å². The van der Waals surface area contributed by atoms with Crippen molar-refractivity contribution in [2.45, 2.75) is 39.3 Å². The van der Waals surface area contributed by atoms with E-state index in [1.54, 1.807) is 12.4 Å². The van der Waals surface area contributed by atoms with Crippen molar-refractivity contribution in [1.82, 2.24) is 25.3 Å². The Bertz CT molecular complexity index is 1200. The van der Waals surface area contributed by atoms with E-state index in [2.05, 4.69) is 44.2 Å². The Morgan fingerprint density at radius 3 is 2.58 bits per heavy atom. The molecular formula is C26H32N8O2. The number of ether oxygens (including phenoxy) is 1. The van der Waals surface area contributed by atoms with Gasteiger partial charge in [0.2, 0.25) is 5.95 Å². The molecule has 0 bridgehead atoms. The molecule has 2 amide bonds. The van der Waals surface area contributed by atoms with Crippen LogP contribution in [0.4, 0.5) is 22.2 Å². The molecule has 0 radical (unpaired) electrons. The summed E-state index contributed by atoms with van der Waals surface area (Å²) in [5, 5.41) is 5.58.